The predicted molar refractivity (Wildman–Crippen MR) is 62.6 cm³/mol. The molecule has 0 bridgehead atoms. The molecule has 0 saturated carbocycles. The van der Waals surface area contributed by atoms with Crippen molar-refractivity contribution in [1.82, 2.24) is 14.7 Å². The zero-order chi connectivity index (χ0) is 11.0. The van der Waals surface area contributed by atoms with Gasteiger partial charge in [0.05, 0.1) is 0 Å². The summed E-state index contributed by atoms with van der Waals surface area (Å²) in [5, 5.41) is 0. The number of hydrogen-bond donors (Lipinski definition) is 1. The van der Waals surface area contributed by atoms with Gasteiger partial charge in [0, 0.05) is 39.3 Å². The number of hydrogen-bond acceptors (Lipinski definition) is 4. The zero-order valence-electron chi connectivity index (χ0n) is 10.2. The molecule has 0 aliphatic carbocycles. The van der Waals surface area contributed by atoms with E-state index in [1.807, 2.05) is 0 Å². The van der Waals surface area contributed by atoms with Crippen LogP contribution >= 0.6 is 0 Å². The van der Waals surface area contributed by atoms with Crippen molar-refractivity contribution in [3.8, 4) is 0 Å². The molecule has 0 unspecified atom stereocenters. The summed E-state index contributed by atoms with van der Waals surface area (Å²) in [7, 11) is 8.50. The highest BCUT2D eigenvalue weighted by Crippen LogP contribution is 1.86. The van der Waals surface area contributed by atoms with E-state index in [-0.39, 0.29) is 0 Å². The van der Waals surface area contributed by atoms with Gasteiger partial charge in [-0.25, -0.2) is 0 Å². The Morgan fingerprint density at radius 3 is 1.57 bits per heavy atom. The van der Waals surface area contributed by atoms with Gasteiger partial charge in [0.2, 0.25) is 0 Å². The second kappa shape index (κ2) is 8.17. The quantitative estimate of drug-likeness (QED) is 0.568. The molecule has 4 heteroatoms. The van der Waals surface area contributed by atoms with Crippen LogP contribution in [0.5, 0.6) is 0 Å². The summed E-state index contributed by atoms with van der Waals surface area (Å²) in [5.74, 6) is 0. The molecular formula is C10H26N4. The Labute approximate surface area is 88.6 Å². The van der Waals surface area contributed by atoms with Crippen LogP contribution in [0.2, 0.25) is 0 Å². The molecule has 2 N–H and O–H groups in total. The molecule has 0 aromatic carbocycles. The standard InChI is InChI=1S/C10H26N4/c1-12(2)7-8-14(4)10-9-13(3)6-5-11/h5-11H2,1-4H3. The number of likely N-dealkylation sites (N-methyl/N-ethyl adjacent to an activating group) is 3. The van der Waals surface area contributed by atoms with E-state index in [4.69, 9.17) is 5.73 Å². The minimum Gasteiger partial charge on any atom is -0.329 e. The first-order valence-electron chi connectivity index (χ1n) is 5.28. The summed E-state index contributed by atoms with van der Waals surface area (Å²) in [6, 6.07) is 0. The second-order valence-electron chi connectivity index (χ2n) is 4.20. The van der Waals surface area contributed by atoms with Gasteiger partial charge in [-0.3, -0.25) is 0 Å². The normalized spacial score (nSPS) is 12.0. The Balaban J connectivity index is 3.38. The first-order valence-corrected chi connectivity index (χ1v) is 5.28. The van der Waals surface area contributed by atoms with Crippen molar-refractivity contribution >= 4 is 0 Å². The molecule has 0 radical (unpaired) electrons. The van der Waals surface area contributed by atoms with Crippen LogP contribution in [0.15, 0.2) is 0 Å². The van der Waals surface area contributed by atoms with Crippen molar-refractivity contribution in [3.05, 3.63) is 0 Å². The maximum Gasteiger partial charge on any atom is 0.0107 e. The van der Waals surface area contributed by atoms with Crippen molar-refractivity contribution < 1.29 is 0 Å². The monoisotopic (exact) mass is 202 g/mol. The van der Waals surface area contributed by atoms with Crippen LogP contribution in [-0.2, 0) is 0 Å². The molecule has 0 aliphatic rings. The maximum atomic E-state index is 5.47. The lowest BCUT2D eigenvalue weighted by atomic mass is 10.4. The second-order valence-corrected chi connectivity index (χ2v) is 4.20. The molecule has 14 heavy (non-hydrogen) atoms. The third kappa shape index (κ3) is 8.44. The third-order valence-electron chi connectivity index (χ3n) is 2.30. The summed E-state index contributed by atoms with van der Waals surface area (Å²) in [6.07, 6.45) is 0. The lowest BCUT2D eigenvalue weighted by Gasteiger charge is -2.22. The van der Waals surface area contributed by atoms with E-state index >= 15 is 0 Å². The van der Waals surface area contributed by atoms with Crippen LogP contribution in [0, 0.1) is 0 Å². The van der Waals surface area contributed by atoms with Gasteiger partial charge in [-0.05, 0) is 28.2 Å². The molecule has 4 nitrogen and oxygen atoms in total. The van der Waals surface area contributed by atoms with E-state index in [9.17, 15) is 0 Å². The van der Waals surface area contributed by atoms with Gasteiger partial charge in [0.1, 0.15) is 0 Å². The molecule has 0 aromatic rings. The Morgan fingerprint density at radius 2 is 1.14 bits per heavy atom. The van der Waals surface area contributed by atoms with E-state index in [2.05, 4.69) is 42.9 Å². The van der Waals surface area contributed by atoms with E-state index in [0.717, 1.165) is 39.3 Å². The first kappa shape index (κ1) is 13.8. The molecule has 0 fully saturated rings. The van der Waals surface area contributed by atoms with E-state index in [1.54, 1.807) is 0 Å². The fourth-order valence-electron chi connectivity index (χ4n) is 1.16. The minimum absolute atomic E-state index is 0.748. The molecule has 86 valence electrons. The Bertz CT molecular complexity index is 127. The summed E-state index contributed by atoms with van der Waals surface area (Å²) in [5.41, 5.74) is 5.47. The van der Waals surface area contributed by atoms with Gasteiger partial charge in [-0.2, -0.15) is 0 Å². The van der Waals surface area contributed by atoms with Crippen molar-refractivity contribution in [2.45, 2.75) is 0 Å². The Morgan fingerprint density at radius 1 is 0.714 bits per heavy atom. The molecule has 0 heterocycles. The van der Waals surface area contributed by atoms with Crippen LogP contribution in [0.4, 0.5) is 0 Å². The van der Waals surface area contributed by atoms with E-state index < -0.39 is 0 Å². The van der Waals surface area contributed by atoms with Crippen molar-refractivity contribution in [1.29, 1.82) is 0 Å². The lowest BCUT2D eigenvalue weighted by molar-refractivity contribution is 0.240. The van der Waals surface area contributed by atoms with Gasteiger partial charge in [0.25, 0.3) is 0 Å². The molecule has 0 spiro atoms. The van der Waals surface area contributed by atoms with E-state index in [1.165, 1.54) is 0 Å². The maximum absolute atomic E-state index is 5.47. The summed E-state index contributed by atoms with van der Waals surface area (Å²) in [6.45, 7) is 6.20. The molecule has 0 amide bonds. The number of rotatable bonds is 8. The highest BCUT2D eigenvalue weighted by molar-refractivity contribution is 4.58. The molecular weight excluding hydrogens is 176 g/mol. The van der Waals surface area contributed by atoms with Crippen LogP contribution in [0.3, 0.4) is 0 Å². The molecule has 0 rings (SSSR count). The average Bonchev–Trinajstić information content (AvgIpc) is 2.12. The van der Waals surface area contributed by atoms with Crippen LogP contribution in [0.1, 0.15) is 0 Å². The summed E-state index contributed by atoms with van der Waals surface area (Å²) >= 11 is 0. The number of nitrogens with zero attached hydrogens (tertiary/aromatic N) is 3. The van der Waals surface area contributed by atoms with Gasteiger partial charge >= 0.3 is 0 Å². The molecule has 0 aliphatic heterocycles. The zero-order valence-corrected chi connectivity index (χ0v) is 10.2. The van der Waals surface area contributed by atoms with Gasteiger partial charge in [-0.15, -0.1) is 0 Å². The molecule has 0 atom stereocenters. The van der Waals surface area contributed by atoms with Crippen molar-refractivity contribution in [2.75, 3.05) is 67.5 Å². The van der Waals surface area contributed by atoms with Crippen LogP contribution in [-0.4, -0.2) is 82.2 Å². The SMILES string of the molecule is CN(C)CCN(C)CCN(C)CCN. The summed E-state index contributed by atoms with van der Waals surface area (Å²) < 4.78 is 0. The molecule has 0 saturated heterocycles. The Hall–Kier alpha value is -0.160. The van der Waals surface area contributed by atoms with Crippen LogP contribution < -0.4 is 5.73 Å². The predicted octanol–water partition coefficient (Wildman–Crippen LogP) is -0.630. The van der Waals surface area contributed by atoms with Gasteiger partial charge < -0.3 is 20.4 Å². The van der Waals surface area contributed by atoms with Crippen molar-refractivity contribution in [2.24, 2.45) is 5.73 Å². The highest BCUT2D eigenvalue weighted by Gasteiger charge is 2.01. The fraction of sp³-hybridized carbons (Fsp3) is 1.00. The largest absolute Gasteiger partial charge is 0.329 e. The smallest absolute Gasteiger partial charge is 0.0107 e. The van der Waals surface area contributed by atoms with Gasteiger partial charge in [0.15, 0.2) is 0 Å². The lowest BCUT2D eigenvalue weighted by Crippen LogP contribution is -2.36. The van der Waals surface area contributed by atoms with E-state index in [0.29, 0.717) is 0 Å². The third-order valence-corrected chi connectivity index (χ3v) is 2.30. The first-order chi connectivity index (χ1) is 6.56. The van der Waals surface area contributed by atoms with Crippen molar-refractivity contribution in [3.63, 3.8) is 0 Å². The van der Waals surface area contributed by atoms with Gasteiger partial charge in [-0.1, -0.05) is 0 Å². The fourth-order valence-corrected chi connectivity index (χ4v) is 1.16. The highest BCUT2D eigenvalue weighted by atomic mass is 15.2. The Kier molecular flexibility index (Phi) is 8.08. The topological polar surface area (TPSA) is 35.7 Å². The summed E-state index contributed by atoms with van der Waals surface area (Å²) in [4.78, 5) is 6.83. The average molecular weight is 202 g/mol. The number of nitrogens with two attached hydrogens (primary N) is 1. The minimum atomic E-state index is 0.748. The van der Waals surface area contributed by atoms with Crippen LogP contribution in [0.25, 0.3) is 0 Å². The molecule has 0 aromatic heterocycles.